The Bertz CT molecular complexity index is 647. The minimum atomic E-state index is 0.851. The number of ether oxygens (including phenoxy) is 1. The first kappa shape index (κ1) is 13.4. The molecular formula is C17H17N3O. The molecule has 2 aromatic carbocycles. The lowest BCUT2D eigenvalue weighted by atomic mass is 10.2. The number of aliphatic imine (C=N–C) groups is 1. The molecule has 0 atom stereocenters. The first-order chi connectivity index (χ1) is 10.3. The predicted molar refractivity (Wildman–Crippen MR) is 86.4 cm³/mol. The van der Waals surface area contributed by atoms with Gasteiger partial charge in [-0.05, 0) is 29.8 Å². The number of hydrazone groups is 1. The van der Waals surface area contributed by atoms with Crippen LogP contribution in [0.15, 0.2) is 64.7 Å². The molecule has 0 amide bonds. The Kier molecular flexibility index (Phi) is 3.96. The highest BCUT2D eigenvalue weighted by atomic mass is 16.5. The number of amidine groups is 1. The van der Waals surface area contributed by atoms with Gasteiger partial charge in [0.25, 0.3) is 0 Å². The van der Waals surface area contributed by atoms with E-state index < -0.39 is 0 Å². The third-order valence-electron chi connectivity index (χ3n) is 3.32. The molecule has 0 aliphatic carbocycles. The van der Waals surface area contributed by atoms with Crippen LogP contribution in [0.5, 0.6) is 5.75 Å². The van der Waals surface area contributed by atoms with Crippen molar-refractivity contribution in [1.82, 2.24) is 0 Å². The van der Waals surface area contributed by atoms with Gasteiger partial charge >= 0.3 is 0 Å². The molecule has 0 unspecified atom stereocenters. The molecular weight excluding hydrogens is 262 g/mol. The number of methoxy groups -OCH3 is 1. The van der Waals surface area contributed by atoms with Crippen LogP contribution >= 0.6 is 0 Å². The zero-order valence-electron chi connectivity index (χ0n) is 11.9. The molecule has 0 saturated heterocycles. The van der Waals surface area contributed by atoms with E-state index >= 15 is 0 Å². The number of rotatable bonds is 3. The van der Waals surface area contributed by atoms with Gasteiger partial charge in [-0.1, -0.05) is 30.3 Å². The molecule has 21 heavy (non-hydrogen) atoms. The first-order valence-electron chi connectivity index (χ1n) is 6.93. The molecule has 2 aromatic rings. The van der Waals surface area contributed by atoms with Crippen LogP contribution in [0.3, 0.4) is 0 Å². The van der Waals surface area contributed by atoms with Gasteiger partial charge in [-0.25, -0.2) is 4.99 Å². The van der Waals surface area contributed by atoms with Crippen molar-refractivity contribution in [1.29, 1.82) is 0 Å². The van der Waals surface area contributed by atoms with Gasteiger partial charge in [-0.2, -0.15) is 5.10 Å². The van der Waals surface area contributed by atoms with Crippen molar-refractivity contribution >= 4 is 17.7 Å². The summed E-state index contributed by atoms with van der Waals surface area (Å²) in [5, 5.41) is 6.51. The Hall–Kier alpha value is -2.62. The van der Waals surface area contributed by atoms with Gasteiger partial charge in [0.1, 0.15) is 5.75 Å². The van der Waals surface area contributed by atoms with Crippen LogP contribution in [0.2, 0.25) is 0 Å². The Morgan fingerprint density at radius 3 is 2.57 bits per heavy atom. The van der Waals surface area contributed by atoms with Gasteiger partial charge in [-0.15, -0.1) is 0 Å². The molecule has 0 N–H and O–H groups in total. The van der Waals surface area contributed by atoms with Crippen LogP contribution in [-0.4, -0.2) is 25.7 Å². The minimum Gasteiger partial charge on any atom is -0.497 e. The SMILES string of the molecule is COc1ccc(N2CCC(/N=C/c3ccccc3)=N2)cc1. The van der Waals surface area contributed by atoms with E-state index in [9.17, 15) is 0 Å². The second-order valence-electron chi connectivity index (χ2n) is 4.76. The Balaban J connectivity index is 1.70. The predicted octanol–water partition coefficient (Wildman–Crippen LogP) is 3.34. The Labute approximate surface area is 124 Å². The number of hydrogen-bond acceptors (Lipinski definition) is 4. The molecule has 0 spiro atoms. The smallest absolute Gasteiger partial charge is 0.150 e. The van der Waals surface area contributed by atoms with Gasteiger partial charge < -0.3 is 4.74 Å². The average molecular weight is 279 g/mol. The van der Waals surface area contributed by atoms with Crippen LogP contribution in [0.25, 0.3) is 0 Å². The van der Waals surface area contributed by atoms with Gasteiger partial charge in [0.15, 0.2) is 5.84 Å². The summed E-state index contributed by atoms with van der Waals surface area (Å²) in [6, 6.07) is 17.9. The number of nitrogens with zero attached hydrogens (tertiary/aromatic N) is 3. The average Bonchev–Trinajstić information content (AvgIpc) is 3.03. The van der Waals surface area contributed by atoms with E-state index in [-0.39, 0.29) is 0 Å². The summed E-state index contributed by atoms with van der Waals surface area (Å²) < 4.78 is 5.16. The second kappa shape index (κ2) is 6.22. The van der Waals surface area contributed by atoms with Crippen molar-refractivity contribution < 1.29 is 4.74 Å². The molecule has 0 saturated carbocycles. The maximum absolute atomic E-state index is 5.16. The van der Waals surface area contributed by atoms with Crippen molar-refractivity contribution in [2.45, 2.75) is 6.42 Å². The van der Waals surface area contributed by atoms with Crippen molar-refractivity contribution in [3.05, 3.63) is 60.2 Å². The van der Waals surface area contributed by atoms with Crippen molar-refractivity contribution in [2.24, 2.45) is 10.1 Å². The summed E-state index contributed by atoms with van der Waals surface area (Å²) >= 11 is 0. The monoisotopic (exact) mass is 279 g/mol. The molecule has 1 heterocycles. The topological polar surface area (TPSA) is 37.2 Å². The van der Waals surface area contributed by atoms with Crippen LogP contribution < -0.4 is 9.75 Å². The lowest BCUT2D eigenvalue weighted by molar-refractivity contribution is 0.415. The van der Waals surface area contributed by atoms with Gasteiger partial charge in [0.05, 0.1) is 12.8 Å². The molecule has 4 nitrogen and oxygen atoms in total. The zero-order valence-corrected chi connectivity index (χ0v) is 11.9. The largest absolute Gasteiger partial charge is 0.497 e. The van der Waals surface area contributed by atoms with Crippen molar-refractivity contribution in [3.8, 4) is 5.75 Å². The lowest BCUT2D eigenvalue weighted by Crippen LogP contribution is -2.11. The number of benzene rings is 2. The van der Waals surface area contributed by atoms with E-state index in [0.717, 1.165) is 35.8 Å². The van der Waals surface area contributed by atoms with Crippen molar-refractivity contribution in [3.63, 3.8) is 0 Å². The lowest BCUT2D eigenvalue weighted by Gasteiger charge is -2.13. The molecule has 0 bridgehead atoms. The molecule has 106 valence electrons. The molecule has 0 radical (unpaired) electrons. The maximum Gasteiger partial charge on any atom is 0.150 e. The molecule has 4 heteroatoms. The fraction of sp³-hybridized carbons (Fsp3) is 0.176. The van der Waals surface area contributed by atoms with Crippen LogP contribution in [0, 0.1) is 0 Å². The van der Waals surface area contributed by atoms with Crippen LogP contribution in [0.1, 0.15) is 12.0 Å². The molecule has 0 fully saturated rings. The molecule has 3 rings (SSSR count). The van der Waals surface area contributed by atoms with E-state index in [0.29, 0.717) is 0 Å². The summed E-state index contributed by atoms with van der Waals surface area (Å²) in [5.41, 5.74) is 2.14. The third kappa shape index (κ3) is 3.28. The molecule has 1 aliphatic heterocycles. The van der Waals surface area contributed by atoms with Gasteiger partial charge in [0.2, 0.25) is 0 Å². The quantitative estimate of drug-likeness (QED) is 0.808. The van der Waals surface area contributed by atoms with E-state index in [1.54, 1.807) is 7.11 Å². The highest BCUT2D eigenvalue weighted by Crippen LogP contribution is 2.22. The van der Waals surface area contributed by atoms with E-state index in [1.165, 1.54) is 0 Å². The summed E-state index contributed by atoms with van der Waals surface area (Å²) in [7, 11) is 1.67. The zero-order chi connectivity index (χ0) is 14.5. The van der Waals surface area contributed by atoms with Crippen LogP contribution in [0.4, 0.5) is 5.69 Å². The summed E-state index contributed by atoms with van der Waals surface area (Å²) in [4.78, 5) is 4.46. The van der Waals surface area contributed by atoms with E-state index in [4.69, 9.17) is 4.74 Å². The van der Waals surface area contributed by atoms with Crippen LogP contribution in [-0.2, 0) is 0 Å². The maximum atomic E-state index is 5.16. The Morgan fingerprint density at radius 2 is 1.86 bits per heavy atom. The normalized spacial score (nSPS) is 14.5. The third-order valence-corrected chi connectivity index (χ3v) is 3.32. The number of hydrogen-bond donors (Lipinski definition) is 0. The van der Waals surface area contributed by atoms with E-state index in [2.05, 4.69) is 10.1 Å². The fourth-order valence-corrected chi connectivity index (χ4v) is 2.16. The summed E-state index contributed by atoms with van der Waals surface area (Å²) in [5.74, 6) is 1.71. The minimum absolute atomic E-state index is 0.851. The van der Waals surface area contributed by atoms with Gasteiger partial charge in [0, 0.05) is 19.2 Å². The Morgan fingerprint density at radius 1 is 1.10 bits per heavy atom. The molecule has 1 aliphatic rings. The highest BCUT2D eigenvalue weighted by molar-refractivity contribution is 5.96. The standard InChI is InChI=1S/C17H17N3O/c1-21-16-9-7-15(8-10-16)20-12-11-17(19-20)18-13-14-5-3-2-4-6-14/h2-10,13H,11-12H2,1H3/b18-13+. The molecule has 0 aromatic heterocycles. The summed E-state index contributed by atoms with van der Waals surface area (Å²) in [6.45, 7) is 0.855. The second-order valence-corrected chi connectivity index (χ2v) is 4.76. The summed E-state index contributed by atoms with van der Waals surface area (Å²) in [6.07, 6.45) is 2.71. The van der Waals surface area contributed by atoms with Gasteiger partial charge in [-0.3, -0.25) is 5.01 Å². The van der Waals surface area contributed by atoms with E-state index in [1.807, 2.05) is 65.8 Å². The van der Waals surface area contributed by atoms with Crippen molar-refractivity contribution in [2.75, 3.05) is 18.7 Å². The highest BCUT2D eigenvalue weighted by Gasteiger charge is 2.14. The fourth-order valence-electron chi connectivity index (χ4n) is 2.16. The number of anilines is 1. The first-order valence-corrected chi connectivity index (χ1v) is 6.93.